The van der Waals surface area contributed by atoms with E-state index in [9.17, 15) is 19.2 Å². The normalized spacial score (nSPS) is 12.4. The van der Waals surface area contributed by atoms with Gasteiger partial charge in [0.1, 0.15) is 25.3 Å². The first-order chi connectivity index (χ1) is 16.3. The summed E-state index contributed by atoms with van der Waals surface area (Å²) in [6.45, 7) is 3.21. The number of rotatable bonds is 12. The van der Waals surface area contributed by atoms with Gasteiger partial charge in [-0.05, 0) is 17.0 Å². The zero-order valence-electron chi connectivity index (χ0n) is 19.4. The monoisotopic (exact) mass is 469 g/mol. The average Bonchev–Trinajstić information content (AvgIpc) is 2.85. The molecule has 0 radical (unpaired) electrons. The number of hydrogen-bond acceptors (Lipinski definition) is 7. The van der Waals surface area contributed by atoms with Gasteiger partial charge in [-0.3, -0.25) is 14.4 Å². The van der Waals surface area contributed by atoms with Crippen molar-refractivity contribution in [3.63, 3.8) is 0 Å². The van der Waals surface area contributed by atoms with Gasteiger partial charge in [0.05, 0.1) is 13.0 Å². The van der Waals surface area contributed by atoms with Crippen molar-refractivity contribution in [1.82, 2.24) is 10.6 Å². The Hall–Kier alpha value is -3.72. The Labute approximate surface area is 199 Å². The molecule has 0 spiro atoms. The highest BCUT2D eigenvalue weighted by Crippen LogP contribution is 2.09. The van der Waals surface area contributed by atoms with Gasteiger partial charge in [-0.25, -0.2) is 4.79 Å². The molecule has 0 saturated carbocycles. The Morgan fingerprint density at radius 2 is 1.35 bits per heavy atom. The van der Waals surface area contributed by atoms with Crippen molar-refractivity contribution in [2.75, 3.05) is 6.54 Å². The molecular formula is C25H31N3O6. The predicted molar refractivity (Wildman–Crippen MR) is 125 cm³/mol. The molecule has 0 aromatic heterocycles. The lowest BCUT2D eigenvalue weighted by Crippen LogP contribution is -2.54. The minimum atomic E-state index is -1.26. The molecule has 0 bridgehead atoms. The molecule has 0 heterocycles. The molecule has 0 aliphatic heterocycles. The van der Waals surface area contributed by atoms with Crippen molar-refractivity contribution in [2.24, 2.45) is 11.7 Å². The highest BCUT2D eigenvalue weighted by atomic mass is 16.5. The van der Waals surface area contributed by atoms with E-state index in [4.69, 9.17) is 15.2 Å². The van der Waals surface area contributed by atoms with Crippen molar-refractivity contribution in [3.8, 4) is 0 Å². The third kappa shape index (κ3) is 9.03. The Bertz CT molecular complexity index is 950. The first-order valence-corrected chi connectivity index (χ1v) is 11.0. The molecule has 0 saturated heterocycles. The van der Waals surface area contributed by atoms with Crippen molar-refractivity contribution >= 4 is 23.8 Å². The third-order valence-electron chi connectivity index (χ3n) is 4.89. The van der Waals surface area contributed by atoms with Gasteiger partial charge >= 0.3 is 11.9 Å². The number of amides is 2. The van der Waals surface area contributed by atoms with Crippen LogP contribution >= 0.6 is 0 Å². The van der Waals surface area contributed by atoms with Crippen LogP contribution in [-0.4, -0.2) is 42.4 Å². The summed E-state index contributed by atoms with van der Waals surface area (Å²) in [5.41, 5.74) is 6.93. The van der Waals surface area contributed by atoms with Gasteiger partial charge in [-0.15, -0.1) is 0 Å². The fourth-order valence-electron chi connectivity index (χ4n) is 3.00. The molecule has 4 N–H and O–H groups in total. The number of nitrogens with one attached hydrogen (secondary N) is 2. The lowest BCUT2D eigenvalue weighted by Gasteiger charge is -2.24. The fourth-order valence-corrected chi connectivity index (χ4v) is 3.00. The molecule has 0 fully saturated rings. The first kappa shape index (κ1) is 26.5. The number of hydrogen-bond donors (Lipinski definition) is 3. The van der Waals surface area contributed by atoms with Gasteiger partial charge in [0.15, 0.2) is 0 Å². The summed E-state index contributed by atoms with van der Waals surface area (Å²) in [5, 5.41) is 4.99. The second kappa shape index (κ2) is 13.7. The van der Waals surface area contributed by atoms with E-state index in [1.54, 1.807) is 26.0 Å². The van der Waals surface area contributed by atoms with Crippen molar-refractivity contribution in [3.05, 3.63) is 71.8 Å². The van der Waals surface area contributed by atoms with Crippen LogP contribution in [0, 0.1) is 5.92 Å². The van der Waals surface area contributed by atoms with Crippen molar-refractivity contribution in [1.29, 1.82) is 0 Å². The summed E-state index contributed by atoms with van der Waals surface area (Å²) >= 11 is 0. The van der Waals surface area contributed by atoms with E-state index in [0.29, 0.717) is 0 Å². The van der Waals surface area contributed by atoms with Gasteiger partial charge in [0.25, 0.3) is 0 Å². The Morgan fingerprint density at radius 1 is 0.824 bits per heavy atom. The Balaban J connectivity index is 2.00. The highest BCUT2D eigenvalue weighted by molar-refractivity contribution is 5.93. The van der Waals surface area contributed by atoms with Crippen molar-refractivity contribution in [2.45, 2.75) is 45.6 Å². The zero-order chi connectivity index (χ0) is 24.9. The highest BCUT2D eigenvalue weighted by Gasteiger charge is 2.31. The zero-order valence-corrected chi connectivity index (χ0v) is 19.4. The number of carbonyl (C=O) groups excluding carboxylic acids is 4. The molecule has 2 rings (SSSR count). The van der Waals surface area contributed by atoms with E-state index in [1.165, 1.54) is 0 Å². The minimum Gasteiger partial charge on any atom is -0.461 e. The number of carbonyl (C=O) groups is 4. The number of nitrogens with two attached hydrogens (primary N) is 1. The third-order valence-corrected chi connectivity index (χ3v) is 4.89. The fraction of sp³-hybridized carbons (Fsp3) is 0.360. The molecule has 34 heavy (non-hydrogen) atoms. The van der Waals surface area contributed by atoms with Crippen LogP contribution in [0.2, 0.25) is 0 Å². The second-order valence-corrected chi connectivity index (χ2v) is 8.00. The molecule has 2 amide bonds. The van der Waals surface area contributed by atoms with Crippen LogP contribution < -0.4 is 16.4 Å². The maximum Gasteiger partial charge on any atom is 0.329 e. The average molecular weight is 470 g/mol. The first-order valence-electron chi connectivity index (χ1n) is 11.0. The molecule has 2 aromatic rings. The van der Waals surface area contributed by atoms with Gasteiger partial charge in [0.2, 0.25) is 11.8 Å². The van der Waals surface area contributed by atoms with E-state index >= 15 is 0 Å². The van der Waals surface area contributed by atoms with Crippen LogP contribution in [0.25, 0.3) is 0 Å². The molecule has 9 heteroatoms. The Kier molecular flexibility index (Phi) is 10.7. The van der Waals surface area contributed by atoms with Gasteiger partial charge in [-0.2, -0.15) is 0 Å². The molecule has 182 valence electrons. The van der Waals surface area contributed by atoms with Crippen LogP contribution in [0.1, 0.15) is 31.4 Å². The predicted octanol–water partition coefficient (Wildman–Crippen LogP) is 1.45. The van der Waals surface area contributed by atoms with Gasteiger partial charge in [-0.1, -0.05) is 74.5 Å². The van der Waals surface area contributed by atoms with Crippen LogP contribution in [0.5, 0.6) is 0 Å². The van der Waals surface area contributed by atoms with E-state index in [2.05, 4.69) is 10.6 Å². The Morgan fingerprint density at radius 3 is 1.85 bits per heavy atom. The lowest BCUT2D eigenvalue weighted by molar-refractivity contribution is -0.151. The maximum absolute atomic E-state index is 12.9. The van der Waals surface area contributed by atoms with Crippen LogP contribution in [-0.2, 0) is 41.9 Å². The van der Waals surface area contributed by atoms with Crippen LogP contribution in [0.15, 0.2) is 60.7 Å². The largest absolute Gasteiger partial charge is 0.461 e. The summed E-state index contributed by atoms with van der Waals surface area (Å²) in [6, 6.07) is 15.9. The summed E-state index contributed by atoms with van der Waals surface area (Å²) < 4.78 is 10.6. The second-order valence-electron chi connectivity index (χ2n) is 8.00. The molecule has 0 aliphatic carbocycles. The quantitative estimate of drug-likeness (QED) is 0.400. The van der Waals surface area contributed by atoms with E-state index < -0.39 is 42.3 Å². The molecule has 2 atom stereocenters. The molecular weight excluding hydrogens is 438 g/mol. The topological polar surface area (TPSA) is 137 Å². The summed E-state index contributed by atoms with van der Waals surface area (Å²) in [7, 11) is 0. The van der Waals surface area contributed by atoms with Crippen molar-refractivity contribution < 1.29 is 28.7 Å². The molecule has 9 nitrogen and oxygen atoms in total. The smallest absolute Gasteiger partial charge is 0.329 e. The number of esters is 2. The van der Waals surface area contributed by atoms with Gasteiger partial charge < -0.3 is 25.8 Å². The lowest BCUT2D eigenvalue weighted by atomic mass is 10.0. The standard InChI is InChI=1S/C25H31N3O6/c1-17(2)23(25(32)34-16-19-11-7-4-8-12-19)28-24(31)20(27-21(29)14-26)13-22(30)33-15-18-9-5-3-6-10-18/h3-12,17,20,23H,13-16,26H2,1-2H3,(H,27,29)(H,28,31)/t20-,23-/m0/s1. The van der Waals surface area contributed by atoms with Crippen LogP contribution in [0.4, 0.5) is 0 Å². The summed E-state index contributed by atoms with van der Waals surface area (Å²) in [6.07, 6.45) is -0.422. The molecule has 0 aliphatic rings. The molecule has 0 unspecified atom stereocenters. The van der Waals surface area contributed by atoms with Crippen LogP contribution in [0.3, 0.4) is 0 Å². The SMILES string of the molecule is CC(C)[C@H](NC(=O)[C@H](CC(=O)OCc1ccccc1)NC(=O)CN)C(=O)OCc1ccccc1. The van der Waals surface area contributed by atoms with E-state index in [0.717, 1.165) is 11.1 Å². The summed E-state index contributed by atoms with van der Waals surface area (Å²) in [4.78, 5) is 49.7. The van der Waals surface area contributed by atoms with E-state index in [-0.39, 0.29) is 25.7 Å². The van der Waals surface area contributed by atoms with E-state index in [1.807, 2.05) is 48.5 Å². The number of benzene rings is 2. The van der Waals surface area contributed by atoms with Gasteiger partial charge in [0, 0.05) is 0 Å². The minimum absolute atomic E-state index is 0.0271. The molecule has 2 aromatic carbocycles. The summed E-state index contributed by atoms with van der Waals surface area (Å²) in [5.74, 6) is -2.95. The maximum atomic E-state index is 12.9. The number of ether oxygens (including phenoxy) is 2.